The number of rotatable bonds is 4. The summed E-state index contributed by atoms with van der Waals surface area (Å²) in [4.78, 5) is 7.84. The Labute approximate surface area is 109 Å². The van der Waals surface area contributed by atoms with Gasteiger partial charge in [-0.25, -0.2) is 10.8 Å². The van der Waals surface area contributed by atoms with E-state index in [2.05, 4.69) is 15.4 Å². The highest BCUT2D eigenvalue weighted by molar-refractivity contribution is 6.31. The van der Waals surface area contributed by atoms with Gasteiger partial charge in [-0.05, 0) is 24.3 Å². The zero-order valence-corrected chi connectivity index (χ0v) is 10.3. The average Bonchev–Trinajstić information content (AvgIpc) is 2.42. The van der Waals surface area contributed by atoms with Crippen molar-refractivity contribution in [2.24, 2.45) is 5.84 Å². The first-order valence-electron chi connectivity index (χ1n) is 5.04. The molecule has 0 aliphatic heterocycles. The van der Waals surface area contributed by atoms with Crippen LogP contribution < -0.4 is 20.7 Å². The van der Waals surface area contributed by atoms with Crippen LogP contribution in [0, 0.1) is 0 Å². The van der Waals surface area contributed by atoms with Gasteiger partial charge in [0, 0.05) is 0 Å². The molecule has 0 bridgehead atoms. The molecule has 6 nitrogen and oxygen atoms in total. The molecule has 0 unspecified atom stereocenters. The molecule has 2 rings (SSSR count). The number of nitrogens with zero attached hydrogens (tertiary/aromatic N) is 2. The highest BCUT2D eigenvalue weighted by Crippen LogP contribution is 2.28. The molecule has 0 spiro atoms. The minimum atomic E-state index is 0.225. The minimum Gasteiger partial charge on any atom is -0.497 e. The van der Waals surface area contributed by atoms with Gasteiger partial charge in [-0.15, -0.1) is 0 Å². The second kappa shape index (κ2) is 5.52. The lowest BCUT2D eigenvalue weighted by atomic mass is 10.3. The minimum absolute atomic E-state index is 0.225. The molecule has 94 valence electrons. The number of nitrogens with two attached hydrogens (primary N) is 1. The maximum atomic E-state index is 5.92. The molecule has 1 heterocycles. The van der Waals surface area contributed by atoms with E-state index in [-0.39, 0.29) is 11.8 Å². The Bertz CT molecular complexity index is 533. The van der Waals surface area contributed by atoms with Gasteiger partial charge in [0.25, 0.3) is 0 Å². The van der Waals surface area contributed by atoms with Gasteiger partial charge in [0.1, 0.15) is 16.5 Å². The molecular weight excluding hydrogens is 256 g/mol. The van der Waals surface area contributed by atoms with Crippen LogP contribution in [-0.4, -0.2) is 17.1 Å². The largest absolute Gasteiger partial charge is 0.497 e. The van der Waals surface area contributed by atoms with Crippen LogP contribution in [0.15, 0.2) is 30.5 Å². The zero-order valence-electron chi connectivity index (χ0n) is 9.55. The Morgan fingerprint density at radius 1 is 1.22 bits per heavy atom. The molecule has 18 heavy (non-hydrogen) atoms. The van der Waals surface area contributed by atoms with E-state index in [1.807, 2.05) is 0 Å². The van der Waals surface area contributed by atoms with Crippen LogP contribution in [-0.2, 0) is 0 Å². The van der Waals surface area contributed by atoms with Crippen molar-refractivity contribution < 1.29 is 9.47 Å². The van der Waals surface area contributed by atoms with Crippen LogP contribution in [0.25, 0.3) is 0 Å². The summed E-state index contributed by atoms with van der Waals surface area (Å²) in [6.07, 6.45) is 1.41. The van der Waals surface area contributed by atoms with Crippen molar-refractivity contribution in [2.75, 3.05) is 12.5 Å². The first-order chi connectivity index (χ1) is 8.72. The number of halogens is 1. The smallest absolute Gasteiger partial charge is 0.243 e. The molecule has 0 fully saturated rings. The molecule has 1 aromatic heterocycles. The number of ether oxygens (including phenoxy) is 2. The lowest BCUT2D eigenvalue weighted by Gasteiger charge is -2.08. The molecule has 0 atom stereocenters. The van der Waals surface area contributed by atoms with Crippen LogP contribution in [0.4, 0.5) is 5.95 Å². The molecule has 3 N–H and O–H groups in total. The first-order valence-corrected chi connectivity index (χ1v) is 5.42. The number of hydrazine groups is 1. The maximum absolute atomic E-state index is 5.92. The molecule has 1 aromatic carbocycles. The van der Waals surface area contributed by atoms with Crippen LogP contribution in [0.5, 0.6) is 17.4 Å². The summed E-state index contributed by atoms with van der Waals surface area (Å²) in [5, 5.41) is 0.296. The number of methoxy groups -OCH3 is 1. The monoisotopic (exact) mass is 266 g/mol. The quantitative estimate of drug-likeness (QED) is 0.652. The highest BCUT2D eigenvalue weighted by Gasteiger charge is 2.07. The van der Waals surface area contributed by atoms with Crippen molar-refractivity contribution in [3.05, 3.63) is 35.5 Å². The van der Waals surface area contributed by atoms with Crippen molar-refractivity contribution in [1.29, 1.82) is 0 Å². The van der Waals surface area contributed by atoms with E-state index < -0.39 is 0 Å². The van der Waals surface area contributed by atoms with Crippen molar-refractivity contribution >= 4 is 17.5 Å². The lowest BCUT2D eigenvalue weighted by Crippen LogP contribution is -2.10. The molecule has 0 aliphatic rings. The molecule has 0 saturated heterocycles. The van der Waals surface area contributed by atoms with Crippen molar-refractivity contribution in [3.63, 3.8) is 0 Å². The van der Waals surface area contributed by atoms with Gasteiger partial charge in [0.15, 0.2) is 0 Å². The molecule has 0 amide bonds. The first kappa shape index (κ1) is 12.4. The Morgan fingerprint density at radius 2 is 1.89 bits per heavy atom. The van der Waals surface area contributed by atoms with Gasteiger partial charge in [0.2, 0.25) is 11.8 Å². The van der Waals surface area contributed by atoms with Crippen molar-refractivity contribution in [2.45, 2.75) is 0 Å². The fourth-order valence-electron chi connectivity index (χ4n) is 1.25. The van der Waals surface area contributed by atoms with Gasteiger partial charge in [-0.1, -0.05) is 11.6 Å². The van der Waals surface area contributed by atoms with Crippen molar-refractivity contribution in [1.82, 2.24) is 9.97 Å². The van der Waals surface area contributed by atoms with Crippen LogP contribution in [0.1, 0.15) is 0 Å². The van der Waals surface area contributed by atoms with Crippen LogP contribution >= 0.6 is 11.6 Å². The van der Waals surface area contributed by atoms with E-state index in [0.29, 0.717) is 10.8 Å². The summed E-state index contributed by atoms with van der Waals surface area (Å²) in [5.41, 5.74) is 2.32. The lowest BCUT2D eigenvalue weighted by molar-refractivity contribution is 0.412. The summed E-state index contributed by atoms with van der Waals surface area (Å²) >= 11 is 5.92. The zero-order chi connectivity index (χ0) is 13.0. The van der Waals surface area contributed by atoms with E-state index in [1.165, 1.54) is 6.20 Å². The van der Waals surface area contributed by atoms with Crippen LogP contribution in [0.2, 0.25) is 5.02 Å². The normalized spacial score (nSPS) is 9.94. The third-order valence-corrected chi connectivity index (χ3v) is 2.37. The molecule has 2 aromatic rings. The molecule has 0 radical (unpaired) electrons. The van der Waals surface area contributed by atoms with Crippen LogP contribution in [0.3, 0.4) is 0 Å². The van der Waals surface area contributed by atoms with Gasteiger partial charge >= 0.3 is 0 Å². The number of aromatic nitrogens is 2. The Morgan fingerprint density at radius 3 is 2.50 bits per heavy atom. The molecular formula is C11H11ClN4O2. The fraction of sp³-hybridized carbons (Fsp3) is 0.0909. The SMILES string of the molecule is COc1ccc(Oc2nc(NN)ncc2Cl)cc1. The van der Waals surface area contributed by atoms with E-state index in [4.69, 9.17) is 26.9 Å². The maximum Gasteiger partial charge on any atom is 0.243 e. The third kappa shape index (κ3) is 2.79. The highest BCUT2D eigenvalue weighted by atomic mass is 35.5. The predicted octanol–water partition coefficient (Wildman–Crippen LogP) is 2.22. The van der Waals surface area contributed by atoms with Crippen molar-refractivity contribution in [3.8, 4) is 17.4 Å². The summed E-state index contributed by atoms with van der Waals surface area (Å²) in [7, 11) is 1.59. The summed E-state index contributed by atoms with van der Waals surface area (Å²) < 4.78 is 10.6. The summed E-state index contributed by atoms with van der Waals surface area (Å²) in [6, 6.07) is 7.03. The Kier molecular flexibility index (Phi) is 3.81. The Hall–Kier alpha value is -2.05. The fourth-order valence-corrected chi connectivity index (χ4v) is 1.38. The molecule has 0 saturated carbocycles. The van der Waals surface area contributed by atoms with Gasteiger partial charge < -0.3 is 9.47 Å². The third-order valence-electron chi connectivity index (χ3n) is 2.11. The van der Waals surface area contributed by atoms with E-state index in [0.717, 1.165) is 5.75 Å². The number of benzene rings is 1. The predicted molar refractivity (Wildman–Crippen MR) is 67.9 cm³/mol. The Balaban J connectivity index is 2.21. The van der Waals surface area contributed by atoms with Gasteiger partial charge in [-0.2, -0.15) is 4.98 Å². The molecule has 7 heteroatoms. The van der Waals surface area contributed by atoms with E-state index in [9.17, 15) is 0 Å². The number of hydrogen-bond donors (Lipinski definition) is 2. The number of hydrogen-bond acceptors (Lipinski definition) is 6. The molecule has 0 aliphatic carbocycles. The number of nitrogens with one attached hydrogen (secondary N) is 1. The second-order valence-electron chi connectivity index (χ2n) is 3.27. The summed E-state index contributed by atoms with van der Waals surface area (Å²) in [5.74, 6) is 6.98. The number of anilines is 1. The van der Waals surface area contributed by atoms with E-state index >= 15 is 0 Å². The second-order valence-corrected chi connectivity index (χ2v) is 3.68. The van der Waals surface area contributed by atoms with E-state index in [1.54, 1.807) is 31.4 Å². The standard InChI is InChI=1S/C11H11ClN4O2/c1-17-7-2-4-8(5-3-7)18-10-9(12)6-14-11(15-10)16-13/h2-6H,13H2,1H3,(H,14,15,16). The van der Waals surface area contributed by atoms with Gasteiger partial charge in [-0.3, -0.25) is 5.43 Å². The average molecular weight is 267 g/mol. The number of nitrogen functional groups attached to an aromatic ring is 1. The summed E-state index contributed by atoms with van der Waals surface area (Å²) in [6.45, 7) is 0. The topological polar surface area (TPSA) is 82.3 Å². The van der Waals surface area contributed by atoms with Gasteiger partial charge in [0.05, 0.1) is 13.3 Å².